The van der Waals surface area contributed by atoms with Crippen LogP contribution in [0.5, 0.6) is 0 Å². The van der Waals surface area contributed by atoms with Gasteiger partial charge in [-0.05, 0) is 41.9 Å². The van der Waals surface area contributed by atoms with Gasteiger partial charge in [-0.25, -0.2) is 0 Å². The lowest BCUT2D eigenvalue weighted by molar-refractivity contribution is -0.123. The molecule has 0 radical (unpaired) electrons. The Hall–Kier alpha value is -1.90. The van der Waals surface area contributed by atoms with Crippen molar-refractivity contribution in [3.63, 3.8) is 0 Å². The van der Waals surface area contributed by atoms with E-state index in [1.807, 2.05) is 24.3 Å². The van der Waals surface area contributed by atoms with E-state index in [4.69, 9.17) is 0 Å². The molecule has 2 aliphatic carbocycles. The number of rotatable bonds is 2. The van der Waals surface area contributed by atoms with E-state index in [-0.39, 0.29) is 35.5 Å². The Morgan fingerprint density at radius 3 is 1.95 bits per heavy atom. The summed E-state index contributed by atoms with van der Waals surface area (Å²) in [5.41, 5.74) is 1.95. The van der Waals surface area contributed by atoms with E-state index < -0.39 is 0 Å². The molecule has 2 fully saturated rings. The summed E-state index contributed by atoms with van der Waals surface area (Å²) in [5.74, 6) is 0.768. The molecular weight excluding hydrogens is 262 g/mol. The lowest BCUT2D eigenvalue weighted by atomic mass is 9.85. The number of nitrogens with zero attached hydrogens (tertiary/aromatic N) is 1. The quantitative estimate of drug-likeness (QED) is 0.617. The van der Waals surface area contributed by atoms with Gasteiger partial charge in [0.25, 0.3) is 0 Å². The summed E-state index contributed by atoms with van der Waals surface area (Å²) in [6.45, 7) is 4.27. The minimum atomic E-state index is -0.114. The van der Waals surface area contributed by atoms with Crippen LogP contribution >= 0.6 is 0 Å². The van der Waals surface area contributed by atoms with Crippen LogP contribution in [0.15, 0.2) is 36.4 Å². The van der Waals surface area contributed by atoms with Gasteiger partial charge in [-0.1, -0.05) is 38.1 Å². The molecule has 0 spiro atoms. The Kier molecular flexibility index (Phi) is 2.62. The second kappa shape index (κ2) is 4.30. The maximum Gasteiger partial charge on any atom is 0.238 e. The average molecular weight is 281 g/mol. The molecule has 1 saturated carbocycles. The fourth-order valence-electron chi connectivity index (χ4n) is 4.17. The van der Waals surface area contributed by atoms with E-state index in [2.05, 4.69) is 26.0 Å². The van der Waals surface area contributed by atoms with E-state index >= 15 is 0 Å². The summed E-state index contributed by atoms with van der Waals surface area (Å²) in [4.78, 5) is 26.8. The molecule has 3 heteroatoms. The van der Waals surface area contributed by atoms with E-state index in [0.717, 1.165) is 12.1 Å². The normalized spacial score (nSPS) is 33.4. The van der Waals surface area contributed by atoms with Crippen molar-refractivity contribution in [3.8, 4) is 0 Å². The van der Waals surface area contributed by atoms with Crippen molar-refractivity contribution in [3.05, 3.63) is 42.0 Å². The highest BCUT2D eigenvalue weighted by Gasteiger charge is 2.59. The fourth-order valence-corrected chi connectivity index (χ4v) is 4.17. The van der Waals surface area contributed by atoms with Gasteiger partial charge in [0.15, 0.2) is 0 Å². The molecule has 4 rings (SSSR count). The predicted molar refractivity (Wildman–Crippen MR) is 80.7 cm³/mol. The Morgan fingerprint density at radius 2 is 1.48 bits per heavy atom. The number of allylic oxidation sites excluding steroid dienone is 2. The standard InChI is InChI=1S/C18H19NO2/c1-10(2)11-5-7-14(8-6-11)19-17(20)15-12-3-4-13(9-12)16(15)18(19)21/h3-8,10,12-13,15-16H,9H2,1-2H3. The van der Waals surface area contributed by atoms with Crippen molar-refractivity contribution in [2.75, 3.05) is 4.90 Å². The van der Waals surface area contributed by atoms with Crippen molar-refractivity contribution in [2.24, 2.45) is 23.7 Å². The second-order valence-electron chi connectivity index (χ2n) is 6.76. The molecule has 1 aliphatic heterocycles. The molecule has 1 aromatic rings. The number of benzene rings is 1. The zero-order valence-electron chi connectivity index (χ0n) is 12.3. The van der Waals surface area contributed by atoms with E-state index in [1.165, 1.54) is 10.5 Å². The first-order chi connectivity index (χ1) is 10.1. The number of fused-ring (bicyclic) bond motifs is 5. The molecule has 2 bridgehead atoms. The minimum absolute atomic E-state index is 0.000790. The van der Waals surface area contributed by atoms with Crippen molar-refractivity contribution in [1.82, 2.24) is 0 Å². The highest BCUT2D eigenvalue weighted by Crippen LogP contribution is 2.53. The molecule has 2 amide bonds. The zero-order valence-corrected chi connectivity index (χ0v) is 12.3. The molecule has 1 aromatic carbocycles. The van der Waals surface area contributed by atoms with Gasteiger partial charge in [0.1, 0.15) is 0 Å². The first-order valence-corrected chi connectivity index (χ1v) is 7.74. The molecule has 1 saturated heterocycles. The molecule has 0 N–H and O–H groups in total. The van der Waals surface area contributed by atoms with Crippen molar-refractivity contribution in [1.29, 1.82) is 0 Å². The molecule has 3 nitrogen and oxygen atoms in total. The van der Waals surface area contributed by atoms with Crippen molar-refractivity contribution in [2.45, 2.75) is 26.2 Å². The van der Waals surface area contributed by atoms with Crippen LogP contribution in [0.3, 0.4) is 0 Å². The van der Waals surface area contributed by atoms with Crippen LogP contribution in [0, 0.1) is 23.7 Å². The van der Waals surface area contributed by atoms with Crippen molar-refractivity contribution >= 4 is 17.5 Å². The number of imide groups is 1. The van der Waals surface area contributed by atoms with Crippen LogP contribution < -0.4 is 4.90 Å². The third-order valence-electron chi connectivity index (χ3n) is 5.29. The summed E-state index contributed by atoms with van der Waals surface area (Å²) in [6, 6.07) is 7.84. The first-order valence-electron chi connectivity index (χ1n) is 7.74. The number of carbonyl (C=O) groups is 2. The SMILES string of the molecule is CC(C)c1ccc(N2C(=O)C3C4C=CC(C4)C3C2=O)cc1. The zero-order chi connectivity index (χ0) is 14.7. The van der Waals surface area contributed by atoms with Crippen LogP contribution in [-0.4, -0.2) is 11.8 Å². The summed E-state index contributed by atoms with van der Waals surface area (Å²) >= 11 is 0. The lowest BCUT2D eigenvalue weighted by Gasteiger charge is -2.18. The molecular formula is C18H19NO2. The van der Waals surface area contributed by atoms with Gasteiger partial charge in [0.2, 0.25) is 11.8 Å². The monoisotopic (exact) mass is 281 g/mol. The highest BCUT2D eigenvalue weighted by atomic mass is 16.2. The van der Waals surface area contributed by atoms with Crippen LogP contribution in [0.2, 0.25) is 0 Å². The highest BCUT2D eigenvalue weighted by molar-refractivity contribution is 6.22. The molecule has 21 heavy (non-hydrogen) atoms. The predicted octanol–water partition coefficient (Wildman–Crippen LogP) is 3.12. The van der Waals surface area contributed by atoms with Crippen molar-refractivity contribution < 1.29 is 9.59 Å². The van der Waals surface area contributed by atoms with Crippen LogP contribution in [-0.2, 0) is 9.59 Å². The number of hydrogen-bond acceptors (Lipinski definition) is 2. The van der Waals surface area contributed by atoms with Gasteiger partial charge < -0.3 is 0 Å². The molecule has 4 unspecified atom stereocenters. The largest absolute Gasteiger partial charge is 0.274 e. The third-order valence-corrected chi connectivity index (χ3v) is 5.29. The number of carbonyl (C=O) groups excluding carboxylic acids is 2. The Bertz CT molecular complexity index is 614. The second-order valence-corrected chi connectivity index (χ2v) is 6.76. The molecule has 1 heterocycles. The maximum atomic E-state index is 12.7. The molecule has 3 aliphatic rings. The third kappa shape index (κ3) is 1.66. The van der Waals surface area contributed by atoms with Crippen LogP contribution in [0.4, 0.5) is 5.69 Å². The average Bonchev–Trinajstić information content (AvgIpc) is 3.13. The van der Waals surface area contributed by atoms with Gasteiger partial charge in [-0.3, -0.25) is 14.5 Å². The van der Waals surface area contributed by atoms with Crippen LogP contribution in [0.25, 0.3) is 0 Å². The summed E-state index contributed by atoms with van der Waals surface area (Å²) in [7, 11) is 0. The number of hydrogen-bond donors (Lipinski definition) is 0. The van der Waals surface area contributed by atoms with Gasteiger partial charge in [0.05, 0.1) is 17.5 Å². The molecule has 4 atom stereocenters. The molecule has 108 valence electrons. The Balaban J connectivity index is 1.68. The van der Waals surface area contributed by atoms with Crippen LogP contribution in [0.1, 0.15) is 31.7 Å². The van der Waals surface area contributed by atoms with E-state index in [9.17, 15) is 9.59 Å². The number of anilines is 1. The number of amides is 2. The first kappa shape index (κ1) is 12.8. The minimum Gasteiger partial charge on any atom is -0.274 e. The lowest BCUT2D eigenvalue weighted by Crippen LogP contribution is -2.32. The topological polar surface area (TPSA) is 37.4 Å². The van der Waals surface area contributed by atoms with E-state index in [1.54, 1.807) is 0 Å². The smallest absolute Gasteiger partial charge is 0.238 e. The van der Waals surface area contributed by atoms with Gasteiger partial charge in [0, 0.05) is 0 Å². The van der Waals surface area contributed by atoms with Gasteiger partial charge in [-0.15, -0.1) is 0 Å². The summed E-state index contributed by atoms with van der Waals surface area (Å²) < 4.78 is 0. The Labute approximate surface area is 124 Å². The van der Waals surface area contributed by atoms with Gasteiger partial charge >= 0.3 is 0 Å². The summed E-state index contributed by atoms with van der Waals surface area (Å²) in [6.07, 6.45) is 5.23. The fraction of sp³-hybridized carbons (Fsp3) is 0.444. The summed E-state index contributed by atoms with van der Waals surface area (Å²) in [5, 5.41) is 0. The Morgan fingerprint density at radius 1 is 0.952 bits per heavy atom. The molecule has 0 aromatic heterocycles. The van der Waals surface area contributed by atoms with Gasteiger partial charge in [-0.2, -0.15) is 0 Å². The van der Waals surface area contributed by atoms with E-state index in [0.29, 0.717) is 5.92 Å². The maximum absolute atomic E-state index is 12.7.